The molecule has 0 atom stereocenters. The van der Waals surface area contributed by atoms with Crippen LogP contribution < -0.4 is 10.6 Å². The van der Waals surface area contributed by atoms with Crippen molar-refractivity contribution in [2.75, 3.05) is 17.2 Å². The Kier molecular flexibility index (Phi) is 5.27. The summed E-state index contributed by atoms with van der Waals surface area (Å²) < 4.78 is 0. The molecule has 2 rings (SSSR count). The summed E-state index contributed by atoms with van der Waals surface area (Å²) in [5.74, 6) is 0.190. The Morgan fingerprint density at radius 3 is 2.90 bits per heavy atom. The summed E-state index contributed by atoms with van der Waals surface area (Å²) >= 11 is 1.45. The Morgan fingerprint density at radius 2 is 2.24 bits per heavy atom. The molecule has 21 heavy (non-hydrogen) atoms. The van der Waals surface area contributed by atoms with E-state index in [1.807, 2.05) is 5.38 Å². The molecule has 6 heteroatoms. The molecule has 0 aliphatic heterocycles. The van der Waals surface area contributed by atoms with Crippen molar-refractivity contribution in [3.05, 3.63) is 35.1 Å². The van der Waals surface area contributed by atoms with Gasteiger partial charge in [-0.25, -0.2) is 4.98 Å². The van der Waals surface area contributed by atoms with Crippen molar-refractivity contribution in [3.8, 4) is 0 Å². The number of rotatable bonds is 6. The van der Waals surface area contributed by atoms with Gasteiger partial charge >= 0.3 is 0 Å². The van der Waals surface area contributed by atoms with Gasteiger partial charge < -0.3 is 5.32 Å². The predicted octanol–water partition coefficient (Wildman–Crippen LogP) is 3.74. The summed E-state index contributed by atoms with van der Waals surface area (Å²) in [5.41, 5.74) is 2.33. The fourth-order valence-electron chi connectivity index (χ4n) is 1.77. The molecule has 0 aliphatic rings. The number of amides is 1. The highest BCUT2D eigenvalue weighted by atomic mass is 32.1. The van der Waals surface area contributed by atoms with Gasteiger partial charge in [-0.05, 0) is 18.4 Å². The molecule has 5 nitrogen and oxygen atoms in total. The van der Waals surface area contributed by atoms with Crippen LogP contribution in [0.25, 0.3) is 0 Å². The molecule has 0 radical (unpaired) electrons. The maximum atomic E-state index is 12.4. The van der Waals surface area contributed by atoms with Gasteiger partial charge in [0.15, 0.2) is 5.13 Å². The second-order valence-electron chi connectivity index (χ2n) is 5.03. The van der Waals surface area contributed by atoms with Crippen LogP contribution in [0.5, 0.6) is 0 Å². The van der Waals surface area contributed by atoms with E-state index in [9.17, 15) is 4.79 Å². The first-order valence-corrected chi connectivity index (χ1v) is 7.94. The zero-order valence-electron chi connectivity index (χ0n) is 12.5. The Balaban J connectivity index is 2.12. The topological polar surface area (TPSA) is 66.9 Å². The molecule has 2 N–H and O–H groups in total. The van der Waals surface area contributed by atoms with Crippen LogP contribution >= 0.6 is 11.3 Å². The zero-order valence-corrected chi connectivity index (χ0v) is 13.3. The summed E-state index contributed by atoms with van der Waals surface area (Å²) in [7, 11) is 0. The van der Waals surface area contributed by atoms with Crippen molar-refractivity contribution in [2.45, 2.75) is 33.1 Å². The maximum absolute atomic E-state index is 12.4. The van der Waals surface area contributed by atoms with Gasteiger partial charge in [0.05, 0.1) is 23.1 Å². The number of aromatic nitrogens is 2. The number of pyridine rings is 1. The lowest BCUT2D eigenvalue weighted by Crippen LogP contribution is -2.15. The number of thiazole rings is 1. The summed E-state index contributed by atoms with van der Waals surface area (Å²) in [6, 6.07) is 1.71. The molecule has 0 aromatic carbocycles. The number of hydrogen-bond donors (Lipinski definition) is 2. The van der Waals surface area contributed by atoms with E-state index in [4.69, 9.17) is 0 Å². The van der Waals surface area contributed by atoms with E-state index >= 15 is 0 Å². The third kappa shape index (κ3) is 4.01. The molecule has 112 valence electrons. The van der Waals surface area contributed by atoms with Gasteiger partial charge in [-0.3, -0.25) is 15.1 Å². The van der Waals surface area contributed by atoms with E-state index in [2.05, 4.69) is 41.4 Å². The van der Waals surface area contributed by atoms with Crippen LogP contribution in [0.4, 0.5) is 10.8 Å². The fraction of sp³-hybridized carbons (Fsp3) is 0.400. The molecule has 0 fully saturated rings. The molecule has 0 saturated carbocycles. The molecular weight excluding hydrogens is 284 g/mol. The SMILES string of the molecule is CCCNc1cnccc1C(=O)Nc1nc(C(C)C)cs1. The smallest absolute Gasteiger partial charge is 0.259 e. The minimum absolute atomic E-state index is 0.166. The predicted molar refractivity (Wildman–Crippen MR) is 87.2 cm³/mol. The lowest BCUT2D eigenvalue weighted by molar-refractivity contribution is 0.102. The number of carbonyl (C=O) groups excluding carboxylic acids is 1. The van der Waals surface area contributed by atoms with E-state index in [1.54, 1.807) is 18.5 Å². The molecule has 0 bridgehead atoms. The van der Waals surface area contributed by atoms with Crippen LogP contribution in [0.2, 0.25) is 0 Å². The number of carbonyl (C=O) groups is 1. The van der Waals surface area contributed by atoms with Crippen LogP contribution in [-0.4, -0.2) is 22.4 Å². The van der Waals surface area contributed by atoms with E-state index in [0.29, 0.717) is 16.6 Å². The zero-order chi connectivity index (χ0) is 15.2. The normalized spacial score (nSPS) is 10.7. The quantitative estimate of drug-likeness (QED) is 0.853. The Morgan fingerprint density at radius 1 is 1.43 bits per heavy atom. The maximum Gasteiger partial charge on any atom is 0.259 e. The van der Waals surface area contributed by atoms with Crippen LogP contribution in [0.1, 0.15) is 49.2 Å². The van der Waals surface area contributed by atoms with Gasteiger partial charge in [0.1, 0.15) is 0 Å². The van der Waals surface area contributed by atoms with Crippen LogP contribution in [-0.2, 0) is 0 Å². The largest absolute Gasteiger partial charge is 0.383 e. The second kappa shape index (κ2) is 7.17. The summed E-state index contributed by atoms with van der Waals surface area (Å²) in [6.45, 7) is 7.04. The third-order valence-corrected chi connectivity index (χ3v) is 3.74. The average molecular weight is 304 g/mol. The Bertz CT molecular complexity index is 609. The summed E-state index contributed by atoms with van der Waals surface area (Å²) in [5, 5.41) is 8.67. The van der Waals surface area contributed by atoms with Gasteiger partial charge in [0, 0.05) is 18.1 Å². The van der Waals surface area contributed by atoms with Crippen LogP contribution in [0.15, 0.2) is 23.8 Å². The molecule has 0 spiro atoms. The molecule has 2 heterocycles. The average Bonchev–Trinajstić information content (AvgIpc) is 2.94. The van der Waals surface area contributed by atoms with E-state index in [-0.39, 0.29) is 5.91 Å². The van der Waals surface area contributed by atoms with Crippen molar-refractivity contribution < 1.29 is 4.79 Å². The molecular formula is C15H20N4OS. The minimum atomic E-state index is -0.166. The Hall–Kier alpha value is -1.95. The van der Waals surface area contributed by atoms with Crippen LogP contribution in [0.3, 0.4) is 0 Å². The molecule has 0 unspecified atom stereocenters. The van der Waals surface area contributed by atoms with E-state index in [1.165, 1.54) is 11.3 Å². The lowest BCUT2D eigenvalue weighted by Gasteiger charge is -2.09. The van der Waals surface area contributed by atoms with Crippen LogP contribution in [0, 0.1) is 0 Å². The fourth-order valence-corrected chi connectivity index (χ4v) is 2.63. The molecule has 1 amide bonds. The van der Waals surface area contributed by atoms with Crippen molar-refractivity contribution in [1.82, 2.24) is 9.97 Å². The third-order valence-electron chi connectivity index (χ3n) is 2.97. The lowest BCUT2D eigenvalue weighted by atomic mass is 10.2. The van der Waals surface area contributed by atoms with Crippen molar-refractivity contribution in [2.24, 2.45) is 0 Å². The second-order valence-corrected chi connectivity index (χ2v) is 5.89. The molecule has 0 saturated heterocycles. The number of nitrogens with one attached hydrogen (secondary N) is 2. The van der Waals surface area contributed by atoms with E-state index < -0.39 is 0 Å². The van der Waals surface area contributed by atoms with Gasteiger partial charge in [-0.1, -0.05) is 20.8 Å². The minimum Gasteiger partial charge on any atom is -0.383 e. The number of anilines is 2. The first-order chi connectivity index (χ1) is 10.1. The number of hydrogen-bond acceptors (Lipinski definition) is 5. The van der Waals surface area contributed by atoms with Gasteiger partial charge in [0.2, 0.25) is 0 Å². The van der Waals surface area contributed by atoms with Crippen molar-refractivity contribution >= 4 is 28.1 Å². The number of nitrogens with zero attached hydrogens (tertiary/aromatic N) is 2. The summed E-state index contributed by atoms with van der Waals surface area (Å²) in [4.78, 5) is 20.8. The first kappa shape index (κ1) is 15.4. The summed E-state index contributed by atoms with van der Waals surface area (Å²) in [6.07, 6.45) is 4.28. The van der Waals surface area contributed by atoms with Gasteiger partial charge in [-0.2, -0.15) is 0 Å². The molecule has 2 aromatic heterocycles. The molecule has 0 aliphatic carbocycles. The van der Waals surface area contributed by atoms with E-state index in [0.717, 1.165) is 24.3 Å². The Labute approximate surface area is 128 Å². The first-order valence-electron chi connectivity index (χ1n) is 7.06. The highest BCUT2D eigenvalue weighted by Crippen LogP contribution is 2.23. The van der Waals surface area contributed by atoms with Crippen molar-refractivity contribution in [3.63, 3.8) is 0 Å². The monoisotopic (exact) mass is 304 g/mol. The highest BCUT2D eigenvalue weighted by Gasteiger charge is 2.13. The van der Waals surface area contributed by atoms with Crippen molar-refractivity contribution in [1.29, 1.82) is 0 Å². The molecule has 2 aromatic rings. The van der Waals surface area contributed by atoms with Gasteiger partial charge in [-0.15, -0.1) is 11.3 Å². The van der Waals surface area contributed by atoms with Gasteiger partial charge in [0.25, 0.3) is 5.91 Å². The highest BCUT2D eigenvalue weighted by molar-refractivity contribution is 7.14. The standard InChI is InChI=1S/C15H20N4OS/c1-4-6-17-12-8-16-7-5-11(12)14(20)19-15-18-13(9-21-15)10(2)3/h5,7-10,17H,4,6H2,1-3H3,(H,18,19,20).